The number of hydrogen-bond donors (Lipinski definition) is 0. The van der Waals surface area contributed by atoms with E-state index < -0.39 is 0 Å². The van der Waals surface area contributed by atoms with Crippen molar-refractivity contribution in [3.05, 3.63) is 41.1 Å². The Morgan fingerprint density at radius 3 is 2.53 bits per heavy atom. The van der Waals surface area contributed by atoms with Crippen molar-refractivity contribution < 1.29 is 9.53 Å². The van der Waals surface area contributed by atoms with Crippen LogP contribution in [0.2, 0.25) is 0 Å². The van der Waals surface area contributed by atoms with Crippen molar-refractivity contribution in [1.82, 2.24) is 0 Å². The molecule has 0 N–H and O–H groups in total. The average Bonchev–Trinajstić information content (AvgIpc) is 2.53. The summed E-state index contributed by atoms with van der Waals surface area (Å²) in [5, 5.41) is 11.7. The van der Waals surface area contributed by atoms with Gasteiger partial charge in [-0.05, 0) is 0 Å². The van der Waals surface area contributed by atoms with Crippen molar-refractivity contribution in [3.8, 4) is 0 Å². The molecule has 0 radical (unpaired) electrons. The zero-order valence-corrected chi connectivity index (χ0v) is 10.3. The summed E-state index contributed by atoms with van der Waals surface area (Å²) in [4.78, 5) is 12.0. The van der Waals surface area contributed by atoms with Gasteiger partial charge in [-0.3, -0.25) is 4.79 Å². The Labute approximate surface area is 101 Å². The topological polar surface area (TPSA) is 43.1 Å². The van der Waals surface area contributed by atoms with E-state index in [-0.39, 0.29) is 17.6 Å². The fourth-order valence-corrected chi connectivity index (χ4v) is 2.26. The predicted octanol–water partition coefficient (Wildman–Crippen LogP) is 2.64. The monoisotopic (exact) mass is 231 g/mol. The van der Waals surface area contributed by atoms with Gasteiger partial charge in [-0.2, -0.15) is 0 Å². The lowest BCUT2D eigenvalue weighted by molar-refractivity contribution is -0.461. The molecule has 0 atom stereocenters. The smallest absolute Gasteiger partial charge is 0.172 e. The lowest BCUT2D eigenvalue weighted by Gasteiger charge is -2.11. The summed E-state index contributed by atoms with van der Waals surface area (Å²) in [6.07, 6.45) is 0.964. The number of hydrogen-bond acceptors (Lipinski definition) is 2. The van der Waals surface area contributed by atoms with E-state index in [0.29, 0.717) is 17.8 Å². The first kappa shape index (κ1) is 11.8. The fraction of sp³-hybridized carbons (Fsp3) is 0.429. The van der Waals surface area contributed by atoms with Crippen LogP contribution in [0.3, 0.4) is 0 Å². The zero-order chi connectivity index (χ0) is 12.5. The van der Waals surface area contributed by atoms with Gasteiger partial charge in [-0.1, -0.05) is 44.2 Å². The van der Waals surface area contributed by atoms with Crippen LogP contribution in [-0.2, 0) is 0 Å². The van der Waals surface area contributed by atoms with E-state index in [1.54, 1.807) is 12.1 Å². The van der Waals surface area contributed by atoms with Gasteiger partial charge in [0, 0.05) is 17.4 Å². The van der Waals surface area contributed by atoms with Crippen LogP contribution in [-0.4, -0.2) is 22.8 Å². The van der Waals surface area contributed by atoms with Crippen LogP contribution in [0, 0.1) is 10.6 Å². The van der Waals surface area contributed by atoms with Gasteiger partial charge in [0.2, 0.25) is 0 Å². The van der Waals surface area contributed by atoms with Crippen LogP contribution in [0.5, 0.6) is 0 Å². The molecule has 17 heavy (non-hydrogen) atoms. The molecule has 0 saturated carbocycles. The van der Waals surface area contributed by atoms with Gasteiger partial charge in [0.15, 0.2) is 18.0 Å². The third-order valence-corrected chi connectivity index (χ3v) is 3.07. The largest absolute Gasteiger partial charge is 0.624 e. The standard InChI is InChI=1S/C14H17NO2/c1-14(2)9-12(15(17)10-14)8-13(16)11-6-4-3-5-7-11/h3-7H,8-10H2,1-2H3. The summed E-state index contributed by atoms with van der Waals surface area (Å²) in [5.74, 6) is 0.0270. The SMILES string of the molecule is CC1(C)CC(CC(=O)c2ccccc2)=[N+]([O-])C1. The molecule has 0 aliphatic carbocycles. The lowest BCUT2D eigenvalue weighted by atomic mass is 9.89. The summed E-state index contributed by atoms with van der Waals surface area (Å²) in [6, 6.07) is 9.13. The molecule has 0 saturated heterocycles. The Hall–Kier alpha value is -1.64. The quantitative estimate of drug-likeness (QED) is 0.456. The van der Waals surface area contributed by atoms with Crippen molar-refractivity contribution in [3.63, 3.8) is 0 Å². The third-order valence-electron chi connectivity index (χ3n) is 3.07. The van der Waals surface area contributed by atoms with Crippen LogP contribution in [0.15, 0.2) is 30.3 Å². The van der Waals surface area contributed by atoms with Gasteiger partial charge >= 0.3 is 0 Å². The van der Waals surface area contributed by atoms with Crippen LogP contribution in [0.25, 0.3) is 0 Å². The highest BCUT2D eigenvalue weighted by Gasteiger charge is 2.35. The van der Waals surface area contributed by atoms with Crippen LogP contribution >= 0.6 is 0 Å². The molecule has 1 aromatic carbocycles. The molecule has 0 bridgehead atoms. The van der Waals surface area contributed by atoms with Crippen molar-refractivity contribution in [2.75, 3.05) is 6.54 Å². The number of carbonyl (C=O) groups excluding carboxylic acids is 1. The highest BCUT2D eigenvalue weighted by molar-refractivity contribution is 6.08. The first-order valence-electron chi connectivity index (χ1n) is 5.85. The minimum Gasteiger partial charge on any atom is -0.624 e. The Morgan fingerprint density at radius 1 is 1.35 bits per heavy atom. The number of hydroxylamine groups is 1. The van der Waals surface area contributed by atoms with E-state index in [1.807, 2.05) is 18.2 Å². The molecule has 3 nitrogen and oxygen atoms in total. The molecule has 1 heterocycles. The minimum atomic E-state index is -0.00590. The van der Waals surface area contributed by atoms with E-state index in [4.69, 9.17) is 0 Å². The van der Waals surface area contributed by atoms with Gasteiger partial charge in [0.05, 0.1) is 6.42 Å². The van der Waals surface area contributed by atoms with E-state index in [2.05, 4.69) is 13.8 Å². The number of carbonyl (C=O) groups is 1. The molecule has 1 aromatic rings. The van der Waals surface area contributed by atoms with Gasteiger partial charge in [0.1, 0.15) is 0 Å². The number of benzene rings is 1. The molecule has 3 heteroatoms. The van der Waals surface area contributed by atoms with Crippen LogP contribution in [0.1, 0.15) is 37.0 Å². The van der Waals surface area contributed by atoms with Gasteiger partial charge in [-0.25, -0.2) is 4.74 Å². The van der Waals surface area contributed by atoms with E-state index >= 15 is 0 Å². The Balaban J connectivity index is 2.08. The number of nitrogens with zero attached hydrogens (tertiary/aromatic N) is 1. The molecule has 0 unspecified atom stereocenters. The molecular weight excluding hydrogens is 214 g/mol. The van der Waals surface area contributed by atoms with Crippen molar-refractivity contribution in [1.29, 1.82) is 0 Å². The van der Waals surface area contributed by atoms with E-state index in [1.165, 1.54) is 0 Å². The molecule has 90 valence electrons. The second-order valence-electron chi connectivity index (χ2n) is 5.41. The summed E-state index contributed by atoms with van der Waals surface area (Å²) in [6.45, 7) is 4.60. The molecule has 1 aliphatic heterocycles. The van der Waals surface area contributed by atoms with E-state index in [9.17, 15) is 10.0 Å². The zero-order valence-electron chi connectivity index (χ0n) is 10.3. The Bertz CT molecular complexity index is 460. The van der Waals surface area contributed by atoms with Crippen molar-refractivity contribution >= 4 is 11.5 Å². The average molecular weight is 231 g/mol. The summed E-state index contributed by atoms with van der Waals surface area (Å²) in [5.41, 5.74) is 1.38. The Kier molecular flexibility index (Phi) is 3.01. The first-order valence-corrected chi connectivity index (χ1v) is 5.85. The van der Waals surface area contributed by atoms with E-state index in [0.717, 1.165) is 11.2 Å². The lowest BCUT2D eigenvalue weighted by Crippen LogP contribution is -2.14. The second kappa shape index (κ2) is 4.32. The third kappa shape index (κ3) is 2.73. The fourth-order valence-electron chi connectivity index (χ4n) is 2.26. The predicted molar refractivity (Wildman–Crippen MR) is 67.3 cm³/mol. The molecule has 1 aliphatic rings. The van der Waals surface area contributed by atoms with Crippen molar-refractivity contribution in [2.24, 2.45) is 5.41 Å². The van der Waals surface area contributed by atoms with Gasteiger partial charge in [0.25, 0.3) is 0 Å². The maximum Gasteiger partial charge on any atom is 0.172 e. The van der Waals surface area contributed by atoms with Gasteiger partial charge in [-0.15, -0.1) is 0 Å². The second-order valence-corrected chi connectivity index (χ2v) is 5.41. The summed E-state index contributed by atoms with van der Waals surface area (Å²) < 4.78 is 0.987. The molecule has 0 fully saturated rings. The molecule has 0 spiro atoms. The van der Waals surface area contributed by atoms with Crippen molar-refractivity contribution in [2.45, 2.75) is 26.7 Å². The molecule has 0 amide bonds. The number of rotatable bonds is 3. The first-order chi connectivity index (χ1) is 7.98. The summed E-state index contributed by atoms with van der Waals surface area (Å²) in [7, 11) is 0. The normalized spacial score (nSPS) is 18.5. The maximum atomic E-state index is 12.0. The molecule has 0 aromatic heterocycles. The molecule has 2 rings (SSSR count). The number of Topliss-reactive ketones (excluding diaryl/α,β-unsaturated/α-hetero) is 1. The molecular formula is C14H17NO2. The van der Waals surface area contributed by atoms with Gasteiger partial charge < -0.3 is 5.21 Å². The maximum absolute atomic E-state index is 12.0. The highest BCUT2D eigenvalue weighted by atomic mass is 16.5. The number of ketones is 1. The summed E-state index contributed by atoms with van der Waals surface area (Å²) >= 11 is 0. The van der Waals surface area contributed by atoms with Crippen LogP contribution in [0.4, 0.5) is 0 Å². The minimum absolute atomic E-state index is 0.00590. The highest BCUT2D eigenvalue weighted by Crippen LogP contribution is 2.28. The Morgan fingerprint density at radius 2 is 2.00 bits per heavy atom. The van der Waals surface area contributed by atoms with Crippen LogP contribution < -0.4 is 0 Å².